The molecule has 0 bridgehead atoms. The molecular formula is C22H27FN2O. The number of carbonyl (C=O) groups is 1. The largest absolute Gasteiger partial charge is 0.352 e. The molecule has 1 saturated heterocycles. The second kappa shape index (κ2) is 8.45. The minimum absolute atomic E-state index is 0.0704. The molecule has 4 heteroatoms. The fourth-order valence-electron chi connectivity index (χ4n) is 3.67. The molecule has 3 unspecified atom stereocenters. The number of rotatable bonds is 6. The van der Waals surface area contributed by atoms with Gasteiger partial charge >= 0.3 is 0 Å². The van der Waals surface area contributed by atoms with Gasteiger partial charge in [-0.05, 0) is 42.5 Å². The van der Waals surface area contributed by atoms with Crippen molar-refractivity contribution in [1.82, 2.24) is 10.2 Å². The molecule has 0 spiro atoms. The van der Waals surface area contributed by atoms with Crippen molar-refractivity contribution in [2.45, 2.75) is 44.7 Å². The van der Waals surface area contributed by atoms with Gasteiger partial charge in [-0.1, -0.05) is 49.4 Å². The van der Waals surface area contributed by atoms with Gasteiger partial charge in [0.1, 0.15) is 5.82 Å². The van der Waals surface area contributed by atoms with E-state index < -0.39 is 0 Å². The smallest absolute Gasteiger partial charge is 0.220 e. The number of nitrogens with one attached hydrogen (secondary N) is 1. The van der Waals surface area contributed by atoms with Crippen LogP contribution in [0.4, 0.5) is 4.39 Å². The lowest BCUT2D eigenvalue weighted by Crippen LogP contribution is -2.38. The lowest BCUT2D eigenvalue weighted by Gasteiger charge is -2.25. The summed E-state index contributed by atoms with van der Waals surface area (Å²) in [5.41, 5.74) is 2.30. The number of amides is 1. The quantitative estimate of drug-likeness (QED) is 0.840. The van der Waals surface area contributed by atoms with Gasteiger partial charge in [-0.3, -0.25) is 9.69 Å². The molecule has 1 aliphatic rings. The molecule has 0 aliphatic carbocycles. The number of nitrogens with zero attached hydrogens (tertiary/aromatic N) is 1. The van der Waals surface area contributed by atoms with Crippen molar-refractivity contribution in [2.24, 2.45) is 0 Å². The van der Waals surface area contributed by atoms with E-state index in [1.54, 1.807) is 12.1 Å². The fraction of sp³-hybridized carbons (Fsp3) is 0.409. The summed E-state index contributed by atoms with van der Waals surface area (Å²) < 4.78 is 13.0. The Balaban J connectivity index is 1.49. The van der Waals surface area contributed by atoms with Gasteiger partial charge in [0.25, 0.3) is 0 Å². The molecule has 1 heterocycles. The van der Waals surface area contributed by atoms with Crippen LogP contribution >= 0.6 is 0 Å². The molecular weight excluding hydrogens is 327 g/mol. The highest BCUT2D eigenvalue weighted by Gasteiger charge is 2.28. The fourth-order valence-corrected chi connectivity index (χ4v) is 3.67. The van der Waals surface area contributed by atoms with Gasteiger partial charge in [0.2, 0.25) is 5.91 Å². The monoisotopic (exact) mass is 354 g/mol. The summed E-state index contributed by atoms with van der Waals surface area (Å²) in [6.45, 7) is 6.10. The molecule has 0 aromatic heterocycles. The van der Waals surface area contributed by atoms with Gasteiger partial charge < -0.3 is 5.32 Å². The van der Waals surface area contributed by atoms with Crippen molar-refractivity contribution >= 4 is 5.91 Å². The van der Waals surface area contributed by atoms with Gasteiger partial charge in [-0.15, -0.1) is 0 Å². The van der Waals surface area contributed by atoms with Gasteiger partial charge in [0.05, 0.1) is 0 Å². The predicted molar refractivity (Wildman–Crippen MR) is 102 cm³/mol. The predicted octanol–water partition coefficient (Wildman–Crippen LogP) is 4.27. The van der Waals surface area contributed by atoms with Crippen LogP contribution in [-0.2, 0) is 4.79 Å². The average molecular weight is 354 g/mol. The minimum atomic E-state index is -0.246. The normalized spacial score (nSPS) is 19.9. The maximum atomic E-state index is 13.0. The van der Waals surface area contributed by atoms with Crippen molar-refractivity contribution in [3.63, 3.8) is 0 Å². The Morgan fingerprint density at radius 3 is 2.50 bits per heavy atom. The molecule has 1 aliphatic heterocycles. The van der Waals surface area contributed by atoms with Crippen LogP contribution in [0.15, 0.2) is 54.6 Å². The molecule has 138 valence electrons. The summed E-state index contributed by atoms with van der Waals surface area (Å²) >= 11 is 0. The molecule has 3 nitrogen and oxygen atoms in total. The lowest BCUT2D eigenvalue weighted by atomic mass is 9.97. The number of benzene rings is 2. The van der Waals surface area contributed by atoms with E-state index in [1.807, 2.05) is 13.0 Å². The Morgan fingerprint density at radius 2 is 1.81 bits per heavy atom. The van der Waals surface area contributed by atoms with E-state index in [2.05, 4.69) is 41.4 Å². The maximum Gasteiger partial charge on any atom is 0.220 e. The van der Waals surface area contributed by atoms with Gasteiger partial charge in [0, 0.05) is 31.6 Å². The van der Waals surface area contributed by atoms with Crippen LogP contribution in [0.25, 0.3) is 0 Å². The van der Waals surface area contributed by atoms with Crippen molar-refractivity contribution in [3.8, 4) is 0 Å². The molecule has 1 N–H and O–H groups in total. The summed E-state index contributed by atoms with van der Waals surface area (Å²) in [5, 5.41) is 3.17. The molecule has 2 aromatic carbocycles. The third-order valence-electron chi connectivity index (χ3n) is 5.35. The Morgan fingerprint density at radius 1 is 1.12 bits per heavy atom. The molecule has 1 fully saturated rings. The zero-order chi connectivity index (χ0) is 18.5. The van der Waals surface area contributed by atoms with E-state index in [4.69, 9.17) is 0 Å². The van der Waals surface area contributed by atoms with E-state index in [0.717, 1.165) is 25.1 Å². The zero-order valence-electron chi connectivity index (χ0n) is 15.5. The van der Waals surface area contributed by atoms with Crippen LogP contribution in [-0.4, -0.2) is 29.9 Å². The van der Waals surface area contributed by atoms with Gasteiger partial charge in [0.15, 0.2) is 0 Å². The average Bonchev–Trinajstić information content (AvgIpc) is 3.10. The van der Waals surface area contributed by atoms with Gasteiger partial charge in [-0.25, -0.2) is 4.39 Å². The Labute approximate surface area is 155 Å². The third kappa shape index (κ3) is 4.70. The van der Waals surface area contributed by atoms with Crippen LogP contribution in [0.2, 0.25) is 0 Å². The van der Waals surface area contributed by atoms with Crippen LogP contribution < -0.4 is 5.32 Å². The Hall–Kier alpha value is -2.20. The second-order valence-corrected chi connectivity index (χ2v) is 7.29. The standard InChI is InChI=1S/C22H27FN2O/c1-16(18-8-10-20(23)11-9-18)14-22(26)24-21-12-13-25(15-21)17(2)19-6-4-3-5-7-19/h3-11,16-17,21H,12-15H2,1-2H3,(H,24,26). The summed E-state index contributed by atoms with van der Waals surface area (Å²) in [6, 6.07) is 17.4. The molecule has 1 amide bonds. The first-order chi connectivity index (χ1) is 12.5. The molecule has 2 aromatic rings. The summed E-state index contributed by atoms with van der Waals surface area (Å²) in [7, 11) is 0. The number of hydrogen-bond acceptors (Lipinski definition) is 2. The van der Waals surface area contributed by atoms with E-state index >= 15 is 0 Å². The Bertz CT molecular complexity index is 717. The number of hydrogen-bond donors (Lipinski definition) is 1. The van der Waals surface area contributed by atoms with Crippen molar-refractivity contribution < 1.29 is 9.18 Å². The van der Waals surface area contributed by atoms with Crippen molar-refractivity contribution in [1.29, 1.82) is 0 Å². The van der Waals surface area contributed by atoms with E-state index in [9.17, 15) is 9.18 Å². The SMILES string of the molecule is CC(CC(=O)NC1CCN(C(C)c2ccccc2)C1)c1ccc(F)cc1. The first-order valence-corrected chi connectivity index (χ1v) is 9.36. The minimum Gasteiger partial charge on any atom is -0.352 e. The Kier molecular flexibility index (Phi) is 6.04. The lowest BCUT2D eigenvalue weighted by molar-refractivity contribution is -0.122. The summed E-state index contributed by atoms with van der Waals surface area (Å²) in [6.07, 6.45) is 1.41. The zero-order valence-corrected chi connectivity index (χ0v) is 15.5. The first kappa shape index (κ1) is 18.6. The first-order valence-electron chi connectivity index (χ1n) is 9.36. The van der Waals surface area contributed by atoms with E-state index in [1.165, 1.54) is 17.7 Å². The molecule has 3 rings (SSSR count). The maximum absolute atomic E-state index is 13.0. The van der Waals surface area contributed by atoms with Crippen LogP contribution in [0, 0.1) is 5.82 Å². The van der Waals surface area contributed by atoms with Crippen LogP contribution in [0.5, 0.6) is 0 Å². The van der Waals surface area contributed by atoms with Crippen LogP contribution in [0.1, 0.15) is 49.8 Å². The third-order valence-corrected chi connectivity index (χ3v) is 5.35. The van der Waals surface area contributed by atoms with Crippen molar-refractivity contribution in [2.75, 3.05) is 13.1 Å². The summed E-state index contributed by atoms with van der Waals surface area (Å²) in [5.74, 6) is -0.0960. The van der Waals surface area contributed by atoms with E-state index in [-0.39, 0.29) is 23.7 Å². The number of likely N-dealkylation sites (tertiary alicyclic amines) is 1. The summed E-state index contributed by atoms with van der Waals surface area (Å²) in [4.78, 5) is 14.8. The highest BCUT2D eigenvalue weighted by Crippen LogP contribution is 2.25. The van der Waals surface area contributed by atoms with Crippen molar-refractivity contribution in [3.05, 3.63) is 71.5 Å². The molecule has 3 atom stereocenters. The topological polar surface area (TPSA) is 32.3 Å². The molecule has 0 radical (unpaired) electrons. The van der Waals surface area contributed by atoms with Gasteiger partial charge in [-0.2, -0.15) is 0 Å². The number of carbonyl (C=O) groups excluding carboxylic acids is 1. The van der Waals surface area contributed by atoms with E-state index in [0.29, 0.717) is 12.5 Å². The highest BCUT2D eigenvalue weighted by atomic mass is 19.1. The highest BCUT2D eigenvalue weighted by molar-refractivity contribution is 5.77. The molecule has 0 saturated carbocycles. The number of halogens is 1. The second-order valence-electron chi connectivity index (χ2n) is 7.29. The molecule has 26 heavy (non-hydrogen) atoms. The van der Waals surface area contributed by atoms with Crippen LogP contribution in [0.3, 0.4) is 0 Å².